The Hall–Kier alpha value is -1.15. The van der Waals surface area contributed by atoms with Crippen LogP contribution in [0.5, 0.6) is 0 Å². The van der Waals surface area contributed by atoms with Crippen LogP contribution in [0.1, 0.15) is 77.1 Å². The van der Waals surface area contributed by atoms with Gasteiger partial charge in [0.05, 0.1) is 12.2 Å². The Labute approximate surface area is 136 Å². The normalized spacial score (nSPS) is 14.6. The van der Waals surface area contributed by atoms with E-state index in [-0.39, 0.29) is 23.4 Å². The summed E-state index contributed by atoms with van der Waals surface area (Å²) >= 11 is 0. The van der Waals surface area contributed by atoms with E-state index in [9.17, 15) is 4.79 Å². The third-order valence-corrected chi connectivity index (χ3v) is 4.00. The first kappa shape index (κ1) is 18.9. The van der Waals surface area contributed by atoms with Gasteiger partial charge in [-0.2, -0.15) is 0 Å². The highest BCUT2D eigenvalue weighted by molar-refractivity contribution is 5.96. The lowest BCUT2D eigenvalue weighted by Crippen LogP contribution is -2.33. The molecule has 0 aliphatic rings. The summed E-state index contributed by atoms with van der Waals surface area (Å²) < 4.78 is 6.23. The molecular weight excluding hydrogens is 272 g/mol. The van der Waals surface area contributed by atoms with Crippen molar-refractivity contribution in [2.24, 2.45) is 5.41 Å². The van der Waals surface area contributed by atoms with E-state index >= 15 is 0 Å². The molecule has 1 aromatic carbocycles. The van der Waals surface area contributed by atoms with Crippen LogP contribution < -0.4 is 0 Å². The number of hydrogen-bond donors (Lipinski definition) is 0. The summed E-state index contributed by atoms with van der Waals surface area (Å²) in [4.78, 5) is 12.3. The Balaban J connectivity index is 2.55. The minimum absolute atomic E-state index is 0.0430. The topological polar surface area (TPSA) is 26.3 Å². The van der Waals surface area contributed by atoms with Crippen molar-refractivity contribution in [3.05, 3.63) is 35.9 Å². The molecule has 1 rings (SSSR count). The van der Waals surface area contributed by atoms with Crippen LogP contribution in [0.3, 0.4) is 0 Å². The van der Waals surface area contributed by atoms with Crippen molar-refractivity contribution in [3.63, 3.8) is 0 Å². The van der Waals surface area contributed by atoms with Gasteiger partial charge in [-0.3, -0.25) is 4.79 Å². The van der Waals surface area contributed by atoms with Crippen molar-refractivity contribution >= 4 is 5.78 Å². The number of ether oxygens (including phenoxy) is 1. The van der Waals surface area contributed by atoms with Crippen LogP contribution in [-0.4, -0.2) is 18.0 Å². The Kier molecular flexibility index (Phi) is 7.81. The molecule has 2 nitrogen and oxygen atoms in total. The van der Waals surface area contributed by atoms with Gasteiger partial charge in [-0.15, -0.1) is 0 Å². The molecule has 2 atom stereocenters. The van der Waals surface area contributed by atoms with Gasteiger partial charge in [0, 0.05) is 12.0 Å². The maximum atomic E-state index is 12.3. The van der Waals surface area contributed by atoms with E-state index in [0.29, 0.717) is 6.42 Å². The molecule has 0 aliphatic carbocycles. The highest BCUT2D eigenvalue weighted by atomic mass is 16.5. The summed E-state index contributed by atoms with van der Waals surface area (Å²) in [6.07, 6.45) is 5.34. The number of benzene rings is 1. The van der Waals surface area contributed by atoms with Gasteiger partial charge in [-0.05, 0) is 18.8 Å². The van der Waals surface area contributed by atoms with Crippen molar-refractivity contribution in [2.75, 3.05) is 0 Å². The fraction of sp³-hybridized carbons (Fsp3) is 0.650. The van der Waals surface area contributed by atoms with Gasteiger partial charge in [-0.1, -0.05) is 77.3 Å². The van der Waals surface area contributed by atoms with Crippen molar-refractivity contribution in [2.45, 2.75) is 78.9 Å². The smallest absolute Gasteiger partial charge is 0.165 e. The minimum atomic E-state index is -0.0430. The first-order valence-electron chi connectivity index (χ1n) is 8.58. The molecule has 0 bridgehead atoms. The average Bonchev–Trinajstić information content (AvgIpc) is 2.46. The molecule has 2 heteroatoms. The fourth-order valence-corrected chi connectivity index (χ4v) is 2.62. The van der Waals surface area contributed by atoms with E-state index in [2.05, 4.69) is 27.7 Å². The SMILES string of the molecule is CCCCC[C@@H](O[C@@H](C)CC(=O)c1ccccc1)C(C)(C)C. The maximum absolute atomic E-state index is 12.3. The molecule has 0 radical (unpaired) electrons. The second kappa shape index (κ2) is 9.09. The lowest BCUT2D eigenvalue weighted by molar-refractivity contribution is -0.0635. The van der Waals surface area contributed by atoms with Crippen molar-refractivity contribution in [3.8, 4) is 0 Å². The minimum Gasteiger partial charge on any atom is -0.374 e. The van der Waals surface area contributed by atoms with Crippen molar-refractivity contribution in [1.29, 1.82) is 0 Å². The standard InChI is InChI=1S/C20H32O2/c1-6-7-9-14-19(20(3,4)5)22-16(2)15-18(21)17-12-10-8-11-13-17/h8,10-13,16,19H,6-7,9,14-15H2,1-5H3/t16-,19+/m0/s1. The Morgan fingerprint density at radius 3 is 2.32 bits per heavy atom. The number of Topliss-reactive ketones (excluding diaryl/α,β-unsaturated/α-hetero) is 1. The lowest BCUT2D eigenvalue weighted by Gasteiger charge is -2.33. The van der Waals surface area contributed by atoms with E-state index < -0.39 is 0 Å². The number of ketones is 1. The zero-order valence-corrected chi connectivity index (χ0v) is 14.9. The van der Waals surface area contributed by atoms with E-state index in [1.807, 2.05) is 37.3 Å². The van der Waals surface area contributed by atoms with Crippen LogP contribution in [0.15, 0.2) is 30.3 Å². The van der Waals surface area contributed by atoms with Crippen LogP contribution in [0, 0.1) is 5.41 Å². The summed E-state index contributed by atoms with van der Waals surface area (Å²) in [6.45, 7) is 10.9. The van der Waals surface area contributed by atoms with Gasteiger partial charge in [0.2, 0.25) is 0 Å². The maximum Gasteiger partial charge on any atom is 0.165 e. The molecule has 22 heavy (non-hydrogen) atoms. The highest BCUT2D eigenvalue weighted by Crippen LogP contribution is 2.28. The predicted molar refractivity (Wildman–Crippen MR) is 93.3 cm³/mol. The third kappa shape index (κ3) is 6.74. The molecule has 0 amide bonds. The third-order valence-electron chi connectivity index (χ3n) is 4.00. The van der Waals surface area contributed by atoms with Crippen LogP contribution in [0.2, 0.25) is 0 Å². The summed E-state index contributed by atoms with van der Waals surface area (Å²) in [7, 11) is 0. The van der Waals surface area contributed by atoms with Crippen LogP contribution in [0.4, 0.5) is 0 Å². The number of unbranched alkanes of at least 4 members (excludes halogenated alkanes) is 2. The van der Waals surface area contributed by atoms with Crippen molar-refractivity contribution < 1.29 is 9.53 Å². The molecule has 0 fully saturated rings. The Morgan fingerprint density at radius 2 is 1.77 bits per heavy atom. The van der Waals surface area contributed by atoms with Crippen LogP contribution in [0.25, 0.3) is 0 Å². The lowest BCUT2D eigenvalue weighted by atomic mass is 9.85. The number of hydrogen-bond acceptors (Lipinski definition) is 2. The average molecular weight is 304 g/mol. The molecular formula is C20H32O2. The fourth-order valence-electron chi connectivity index (χ4n) is 2.62. The molecule has 1 aromatic rings. The molecule has 0 heterocycles. The summed E-state index contributed by atoms with van der Waals surface area (Å²) in [5.74, 6) is 0.161. The van der Waals surface area contributed by atoms with E-state index in [1.165, 1.54) is 19.3 Å². The Morgan fingerprint density at radius 1 is 1.14 bits per heavy atom. The molecule has 0 saturated carbocycles. The van der Waals surface area contributed by atoms with Gasteiger partial charge in [0.1, 0.15) is 0 Å². The molecule has 0 spiro atoms. The van der Waals surface area contributed by atoms with E-state index in [0.717, 1.165) is 12.0 Å². The summed E-state index contributed by atoms with van der Waals surface area (Å²) in [5.41, 5.74) is 0.883. The van der Waals surface area contributed by atoms with Gasteiger partial charge in [-0.25, -0.2) is 0 Å². The zero-order valence-electron chi connectivity index (χ0n) is 14.9. The monoisotopic (exact) mass is 304 g/mol. The molecule has 0 unspecified atom stereocenters. The molecule has 0 saturated heterocycles. The van der Waals surface area contributed by atoms with E-state index in [4.69, 9.17) is 4.74 Å². The van der Waals surface area contributed by atoms with Crippen LogP contribution in [-0.2, 0) is 4.74 Å². The number of rotatable bonds is 9. The van der Waals surface area contributed by atoms with Gasteiger partial charge < -0.3 is 4.74 Å². The predicted octanol–water partition coefficient (Wildman–Crippen LogP) is 5.66. The van der Waals surface area contributed by atoms with Gasteiger partial charge >= 0.3 is 0 Å². The van der Waals surface area contributed by atoms with E-state index in [1.54, 1.807) is 0 Å². The molecule has 124 valence electrons. The Bertz CT molecular complexity index is 431. The molecule has 0 N–H and O–H groups in total. The molecule has 0 aliphatic heterocycles. The zero-order chi connectivity index (χ0) is 16.6. The van der Waals surface area contributed by atoms with Gasteiger partial charge in [0.15, 0.2) is 5.78 Å². The van der Waals surface area contributed by atoms with Crippen LogP contribution >= 0.6 is 0 Å². The largest absolute Gasteiger partial charge is 0.374 e. The molecule has 0 aromatic heterocycles. The second-order valence-corrected chi connectivity index (χ2v) is 7.29. The number of carbonyl (C=O) groups excluding carboxylic acids is 1. The summed E-state index contributed by atoms with van der Waals surface area (Å²) in [6, 6.07) is 9.48. The quantitative estimate of drug-likeness (QED) is 0.434. The summed E-state index contributed by atoms with van der Waals surface area (Å²) in [5, 5.41) is 0. The first-order valence-corrected chi connectivity index (χ1v) is 8.58. The highest BCUT2D eigenvalue weighted by Gasteiger charge is 2.27. The first-order chi connectivity index (χ1) is 10.3. The van der Waals surface area contributed by atoms with Gasteiger partial charge in [0.25, 0.3) is 0 Å². The second-order valence-electron chi connectivity index (χ2n) is 7.29. The van der Waals surface area contributed by atoms with Crippen molar-refractivity contribution in [1.82, 2.24) is 0 Å². The number of carbonyl (C=O) groups is 1.